The molecule has 0 bridgehead atoms. The molecule has 3 heteroatoms. The second kappa shape index (κ2) is 14.7. The normalized spacial score (nSPS) is 18.2. The summed E-state index contributed by atoms with van der Waals surface area (Å²) in [4.78, 5) is 0. The van der Waals surface area contributed by atoms with E-state index >= 15 is 0 Å². The molecule has 4 aliphatic rings. The predicted molar refractivity (Wildman–Crippen MR) is 186 cm³/mol. The van der Waals surface area contributed by atoms with E-state index in [2.05, 4.69) is 129 Å². The fraction of sp³-hybridized carbons (Fsp3) is 0.452. The Morgan fingerprint density at radius 2 is 1.33 bits per heavy atom. The molecular weight excluding hydrogens is 667 g/mol. The van der Waals surface area contributed by atoms with Gasteiger partial charge in [-0.05, 0) is 70.2 Å². The summed E-state index contributed by atoms with van der Waals surface area (Å²) in [6.45, 7) is 20.6. The van der Waals surface area contributed by atoms with Crippen LogP contribution in [0, 0.1) is 6.42 Å². The van der Waals surface area contributed by atoms with Gasteiger partial charge in [0.05, 0.1) is 0 Å². The second-order valence-electron chi connectivity index (χ2n) is 15.6. The minimum atomic E-state index is 0. The van der Waals surface area contributed by atoms with E-state index in [-0.39, 0.29) is 35.6 Å². The molecule has 0 radical (unpaired) electrons. The Balaban J connectivity index is 0.000000253. The van der Waals surface area contributed by atoms with Crippen molar-refractivity contribution < 1.29 is 49.0 Å². The number of halogens is 2. The number of hydrogen-bond acceptors (Lipinski definition) is 0. The molecule has 0 unspecified atom stereocenters. The third-order valence-electron chi connectivity index (χ3n) is 10.1. The van der Waals surface area contributed by atoms with Crippen LogP contribution in [0.25, 0.3) is 22.3 Å². The molecule has 7 rings (SSSR count). The van der Waals surface area contributed by atoms with Gasteiger partial charge < -0.3 is 24.8 Å². The first-order chi connectivity index (χ1) is 20.2. The van der Waals surface area contributed by atoms with Crippen molar-refractivity contribution in [2.75, 3.05) is 0 Å². The zero-order valence-electron chi connectivity index (χ0n) is 29.1. The molecule has 45 heavy (non-hydrogen) atoms. The molecule has 0 saturated heterocycles. The van der Waals surface area contributed by atoms with E-state index in [1.165, 1.54) is 93.3 Å². The van der Waals surface area contributed by atoms with Crippen LogP contribution in [0.4, 0.5) is 0 Å². The Kier molecular flexibility index (Phi) is 12.4. The molecule has 3 aromatic rings. The van der Waals surface area contributed by atoms with E-state index in [0.717, 1.165) is 12.8 Å². The van der Waals surface area contributed by atoms with Crippen LogP contribution >= 0.6 is 0 Å². The number of allylic oxidation sites excluding steroid dienone is 4. The molecule has 0 heterocycles. The van der Waals surface area contributed by atoms with Crippen molar-refractivity contribution in [3.63, 3.8) is 0 Å². The van der Waals surface area contributed by atoms with Gasteiger partial charge in [0.25, 0.3) is 0 Å². The predicted octanol–water partition coefficient (Wildman–Crippen LogP) is 5.62. The van der Waals surface area contributed by atoms with Crippen molar-refractivity contribution >= 4 is 14.4 Å². The average molecular weight is 719 g/mol. The summed E-state index contributed by atoms with van der Waals surface area (Å²) in [5, 5.41) is 0. The molecule has 0 amide bonds. The number of fused-ring (bicyclic) bond motifs is 5. The standard InChI is InChI=1S/C27H29.C9H13.C6H10.2ClH.Zr/c1-16-7-9-26(3,4)24-12-18-11-19-13-25-21(17(2)8-10-27(25,5)6)15-23(19)22(18)14-20(16)24;1-9(2,3)8-6-4-5-7-8;1-2-4-6-5-3-1;;;/h7-9,12-15H,10-11H2,1-6H3;4-7H,1-3H3;1-5H2;2*1H;/q2*-1;;;;+2/p-2. The minimum absolute atomic E-state index is 0. The summed E-state index contributed by atoms with van der Waals surface area (Å²) in [7, 11) is 0. The van der Waals surface area contributed by atoms with E-state index in [1.807, 2.05) is 0 Å². The summed E-state index contributed by atoms with van der Waals surface area (Å²) in [5.41, 5.74) is 16.7. The summed E-state index contributed by atoms with van der Waals surface area (Å²) < 4.78 is 1.80. The van der Waals surface area contributed by atoms with Gasteiger partial charge in [0.2, 0.25) is 0 Å². The second-order valence-corrected chi connectivity index (χ2v) is 17.3. The molecule has 4 aliphatic carbocycles. The molecule has 0 atom stereocenters. The fourth-order valence-corrected chi connectivity index (χ4v) is 7.90. The molecule has 0 aromatic heterocycles. The molecule has 3 aromatic carbocycles. The van der Waals surface area contributed by atoms with Gasteiger partial charge in [-0.15, -0.1) is 12.5 Å². The number of benzene rings is 2. The van der Waals surface area contributed by atoms with E-state index in [9.17, 15) is 0 Å². The van der Waals surface area contributed by atoms with Crippen LogP contribution in [0.2, 0.25) is 0 Å². The van der Waals surface area contributed by atoms with Crippen LogP contribution in [0.3, 0.4) is 0 Å². The Morgan fingerprint density at radius 1 is 0.756 bits per heavy atom. The van der Waals surface area contributed by atoms with Crippen molar-refractivity contribution in [2.24, 2.45) is 0 Å². The first-order valence-corrected chi connectivity index (χ1v) is 17.7. The van der Waals surface area contributed by atoms with Gasteiger partial charge >= 0.3 is 59.5 Å². The summed E-state index contributed by atoms with van der Waals surface area (Å²) in [6.07, 6.45) is 16.6. The van der Waals surface area contributed by atoms with E-state index in [1.54, 1.807) is 27.4 Å². The Morgan fingerprint density at radius 3 is 1.82 bits per heavy atom. The van der Waals surface area contributed by atoms with Crippen molar-refractivity contribution in [2.45, 2.75) is 124 Å². The molecule has 0 spiro atoms. The molecule has 0 N–H and O–H groups in total. The topological polar surface area (TPSA) is 0 Å². The maximum absolute atomic E-state index is 2.51. The van der Waals surface area contributed by atoms with Crippen LogP contribution in [0.1, 0.15) is 140 Å². The molecule has 1 saturated carbocycles. The van der Waals surface area contributed by atoms with Gasteiger partial charge in [-0.2, -0.15) is 29.3 Å². The SMILES string of the molecule is CC(C)(C)c1cc[cH-]c1.CC1=C[CH-]C(C)(C)c2cc3c(cc21)-c1cc2c(cc1C3)C(C)(C)CC=C2C.[Cl-].[Cl-].[Zr+2]=[C]1CCCCC1. The van der Waals surface area contributed by atoms with Gasteiger partial charge in [-0.3, -0.25) is 0 Å². The fourth-order valence-electron chi connectivity index (χ4n) is 7.03. The average Bonchev–Trinajstić information content (AvgIpc) is 3.62. The first-order valence-electron chi connectivity index (χ1n) is 16.5. The van der Waals surface area contributed by atoms with Crippen LogP contribution < -0.4 is 24.8 Å². The van der Waals surface area contributed by atoms with Crippen LogP contribution in [-0.4, -0.2) is 3.21 Å². The summed E-state index contributed by atoms with van der Waals surface area (Å²) in [5.74, 6) is 0. The molecule has 1 fully saturated rings. The number of rotatable bonds is 0. The zero-order valence-corrected chi connectivity index (χ0v) is 33.0. The van der Waals surface area contributed by atoms with Crippen molar-refractivity contribution in [3.8, 4) is 11.1 Å². The van der Waals surface area contributed by atoms with Crippen LogP contribution in [-0.2, 0) is 46.9 Å². The Hall–Kier alpha value is -1.53. The van der Waals surface area contributed by atoms with Crippen LogP contribution in [0.5, 0.6) is 0 Å². The van der Waals surface area contributed by atoms with E-state index in [4.69, 9.17) is 0 Å². The molecule has 0 nitrogen and oxygen atoms in total. The van der Waals surface area contributed by atoms with Gasteiger partial charge in [0.1, 0.15) is 0 Å². The molecule has 0 aliphatic heterocycles. The monoisotopic (exact) mass is 716 g/mol. The van der Waals surface area contributed by atoms with Crippen LogP contribution in [0.15, 0.2) is 60.7 Å². The van der Waals surface area contributed by atoms with Crippen molar-refractivity contribution in [1.29, 1.82) is 0 Å². The van der Waals surface area contributed by atoms with Crippen molar-refractivity contribution in [1.82, 2.24) is 0 Å². The zero-order chi connectivity index (χ0) is 31.2. The third kappa shape index (κ3) is 8.31. The Bertz CT molecular complexity index is 1480. The molecular formula is C42H52Cl2Zr-2. The number of hydrogen-bond donors (Lipinski definition) is 0. The van der Waals surface area contributed by atoms with Gasteiger partial charge in [-0.1, -0.05) is 89.1 Å². The quantitative estimate of drug-likeness (QED) is 0.207. The van der Waals surface area contributed by atoms with Gasteiger partial charge in [-0.25, -0.2) is 18.6 Å². The molecule has 240 valence electrons. The Labute approximate surface area is 302 Å². The van der Waals surface area contributed by atoms with E-state index in [0.29, 0.717) is 5.41 Å². The summed E-state index contributed by atoms with van der Waals surface area (Å²) >= 11 is 1.69. The van der Waals surface area contributed by atoms with Gasteiger partial charge in [0, 0.05) is 0 Å². The van der Waals surface area contributed by atoms with E-state index < -0.39 is 0 Å². The van der Waals surface area contributed by atoms with Gasteiger partial charge in [0.15, 0.2) is 0 Å². The first kappa shape index (κ1) is 37.9. The van der Waals surface area contributed by atoms with Crippen molar-refractivity contribution in [3.05, 3.63) is 106 Å². The summed E-state index contributed by atoms with van der Waals surface area (Å²) in [6, 6.07) is 18.5. The maximum atomic E-state index is 2.51. The third-order valence-corrected chi connectivity index (χ3v) is 11.3.